The van der Waals surface area contributed by atoms with Crippen molar-refractivity contribution in [2.45, 2.75) is 26.4 Å². The van der Waals surface area contributed by atoms with Gasteiger partial charge in [0, 0.05) is 20.2 Å². The standard InChI is InChI=1S/C16H24N2O4/c1-4-22-15(19)13(2)18(16(20)17-10-11-21-3)12-14-8-6-5-7-9-14/h5-9,13H,4,10-12H2,1-3H3,(H,17,20). The summed E-state index contributed by atoms with van der Waals surface area (Å²) in [5, 5.41) is 2.74. The van der Waals surface area contributed by atoms with Crippen molar-refractivity contribution in [1.29, 1.82) is 0 Å². The number of nitrogens with zero attached hydrogens (tertiary/aromatic N) is 1. The van der Waals surface area contributed by atoms with Crippen LogP contribution in [0, 0.1) is 0 Å². The largest absolute Gasteiger partial charge is 0.464 e. The number of hydrogen-bond acceptors (Lipinski definition) is 4. The molecule has 0 bridgehead atoms. The second-order valence-corrected chi connectivity index (χ2v) is 4.77. The van der Waals surface area contributed by atoms with Gasteiger partial charge in [0.05, 0.1) is 13.2 Å². The van der Waals surface area contributed by atoms with Gasteiger partial charge < -0.3 is 19.7 Å². The maximum atomic E-state index is 12.3. The fraction of sp³-hybridized carbons (Fsp3) is 0.500. The van der Waals surface area contributed by atoms with Crippen LogP contribution in [0.5, 0.6) is 0 Å². The summed E-state index contributed by atoms with van der Waals surface area (Å²) in [6.07, 6.45) is 0. The third-order valence-electron chi connectivity index (χ3n) is 3.13. The minimum Gasteiger partial charge on any atom is -0.464 e. The predicted octanol–water partition coefficient (Wildman–Crippen LogP) is 1.80. The van der Waals surface area contributed by atoms with Crippen LogP contribution in [-0.2, 0) is 20.8 Å². The number of rotatable bonds is 8. The van der Waals surface area contributed by atoms with Crippen LogP contribution in [0.15, 0.2) is 30.3 Å². The molecule has 0 aliphatic rings. The second-order valence-electron chi connectivity index (χ2n) is 4.77. The first-order chi connectivity index (χ1) is 10.6. The normalized spacial score (nSPS) is 11.6. The summed E-state index contributed by atoms with van der Waals surface area (Å²) >= 11 is 0. The van der Waals surface area contributed by atoms with Gasteiger partial charge in [0.2, 0.25) is 0 Å². The number of ether oxygens (including phenoxy) is 2. The molecule has 2 amide bonds. The smallest absolute Gasteiger partial charge is 0.328 e. The summed E-state index contributed by atoms with van der Waals surface area (Å²) in [4.78, 5) is 25.7. The summed E-state index contributed by atoms with van der Waals surface area (Å²) < 4.78 is 9.92. The average Bonchev–Trinajstić information content (AvgIpc) is 2.53. The molecule has 0 aliphatic carbocycles. The lowest BCUT2D eigenvalue weighted by molar-refractivity contribution is -0.148. The Labute approximate surface area is 131 Å². The molecule has 0 aromatic heterocycles. The molecule has 6 heteroatoms. The lowest BCUT2D eigenvalue weighted by Gasteiger charge is -2.28. The first-order valence-corrected chi connectivity index (χ1v) is 7.34. The van der Waals surface area contributed by atoms with E-state index in [0.717, 1.165) is 5.56 Å². The number of benzene rings is 1. The summed E-state index contributed by atoms with van der Waals surface area (Å²) in [5.41, 5.74) is 0.945. The van der Waals surface area contributed by atoms with Crippen molar-refractivity contribution in [3.05, 3.63) is 35.9 Å². The summed E-state index contributed by atoms with van der Waals surface area (Å²) in [7, 11) is 1.56. The molecule has 1 rings (SSSR count). The Bertz CT molecular complexity index is 464. The van der Waals surface area contributed by atoms with Gasteiger partial charge in [0.15, 0.2) is 0 Å². The highest BCUT2D eigenvalue weighted by Gasteiger charge is 2.26. The number of hydrogen-bond donors (Lipinski definition) is 1. The maximum Gasteiger partial charge on any atom is 0.328 e. The molecule has 0 radical (unpaired) electrons. The maximum absolute atomic E-state index is 12.3. The van der Waals surface area contributed by atoms with Crippen molar-refractivity contribution < 1.29 is 19.1 Å². The van der Waals surface area contributed by atoms with Crippen molar-refractivity contribution in [3.63, 3.8) is 0 Å². The third-order valence-corrected chi connectivity index (χ3v) is 3.13. The molecular weight excluding hydrogens is 284 g/mol. The van der Waals surface area contributed by atoms with E-state index in [2.05, 4.69) is 5.32 Å². The Morgan fingerprint density at radius 2 is 1.95 bits per heavy atom. The molecule has 0 saturated carbocycles. The number of carbonyl (C=O) groups is 2. The molecule has 1 unspecified atom stereocenters. The second kappa shape index (κ2) is 9.78. The van der Waals surface area contributed by atoms with Crippen molar-refractivity contribution in [2.75, 3.05) is 26.9 Å². The molecular formula is C16H24N2O4. The van der Waals surface area contributed by atoms with E-state index in [1.54, 1.807) is 21.0 Å². The molecule has 0 aliphatic heterocycles. The van der Waals surface area contributed by atoms with Crippen LogP contribution < -0.4 is 5.32 Å². The van der Waals surface area contributed by atoms with E-state index in [1.807, 2.05) is 30.3 Å². The number of carbonyl (C=O) groups excluding carboxylic acids is 2. The van der Waals surface area contributed by atoms with Crippen molar-refractivity contribution >= 4 is 12.0 Å². The van der Waals surface area contributed by atoms with Crippen LogP contribution in [0.4, 0.5) is 4.79 Å². The van der Waals surface area contributed by atoms with Gasteiger partial charge in [-0.3, -0.25) is 0 Å². The molecule has 0 heterocycles. The Hall–Kier alpha value is -2.08. The van der Waals surface area contributed by atoms with Gasteiger partial charge in [-0.1, -0.05) is 30.3 Å². The fourth-order valence-corrected chi connectivity index (χ4v) is 1.92. The quantitative estimate of drug-likeness (QED) is 0.587. The van der Waals surface area contributed by atoms with Crippen molar-refractivity contribution in [1.82, 2.24) is 10.2 Å². The summed E-state index contributed by atoms with van der Waals surface area (Å²) in [6, 6.07) is 8.53. The zero-order valence-corrected chi connectivity index (χ0v) is 13.4. The molecule has 1 atom stereocenters. The van der Waals surface area contributed by atoms with Crippen molar-refractivity contribution in [3.8, 4) is 0 Å². The summed E-state index contributed by atoms with van der Waals surface area (Å²) in [5.74, 6) is -0.416. The highest BCUT2D eigenvalue weighted by atomic mass is 16.5. The van der Waals surface area contributed by atoms with E-state index in [4.69, 9.17) is 9.47 Å². The van der Waals surface area contributed by atoms with E-state index >= 15 is 0 Å². The Morgan fingerprint density at radius 1 is 1.27 bits per heavy atom. The predicted molar refractivity (Wildman–Crippen MR) is 83.4 cm³/mol. The van der Waals surface area contributed by atoms with Gasteiger partial charge in [0.1, 0.15) is 6.04 Å². The Kier molecular flexibility index (Phi) is 7.99. The molecule has 0 saturated heterocycles. The number of urea groups is 1. The highest BCUT2D eigenvalue weighted by Crippen LogP contribution is 2.10. The first-order valence-electron chi connectivity index (χ1n) is 7.34. The van der Waals surface area contributed by atoms with Gasteiger partial charge in [-0.15, -0.1) is 0 Å². The van der Waals surface area contributed by atoms with E-state index < -0.39 is 12.0 Å². The topological polar surface area (TPSA) is 67.9 Å². The van der Waals surface area contributed by atoms with E-state index in [-0.39, 0.29) is 12.6 Å². The van der Waals surface area contributed by atoms with E-state index in [9.17, 15) is 9.59 Å². The van der Waals surface area contributed by atoms with Gasteiger partial charge in [-0.25, -0.2) is 9.59 Å². The van der Waals surface area contributed by atoms with Gasteiger partial charge in [-0.2, -0.15) is 0 Å². The van der Waals surface area contributed by atoms with Crippen LogP contribution in [0.2, 0.25) is 0 Å². The van der Waals surface area contributed by atoms with Gasteiger partial charge in [-0.05, 0) is 19.4 Å². The van der Waals surface area contributed by atoms with E-state index in [0.29, 0.717) is 19.7 Å². The van der Waals surface area contributed by atoms with Crippen molar-refractivity contribution in [2.24, 2.45) is 0 Å². The van der Waals surface area contributed by atoms with Crippen LogP contribution >= 0.6 is 0 Å². The monoisotopic (exact) mass is 308 g/mol. The highest BCUT2D eigenvalue weighted by molar-refractivity contribution is 5.83. The van der Waals surface area contributed by atoms with Gasteiger partial charge >= 0.3 is 12.0 Å². The fourth-order valence-electron chi connectivity index (χ4n) is 1.92. The number of amides is 2. The molecule has 1 N–H and O–H groups in total. The minimum atomic E-state index is -0.664. The molecule has 1 aromatic carbocycles. The lowest BCUT2D eigenvalue weighted by atomic mass is 10.2. The summed E-state index contributed by atoms with van der Waals surface area (Å²) in [6.45, 7) is 4.82. The molecule has 6 nitrogen and oxygen atoms in total. The van der Waals surface area contributed by atoms with Crippen LogP contribution in [0.25, 0.3) is 0 Å². The molecule has 1 aromatic rings. The number of methoxy groups -OCH3 is 1. The molecule has 22 heavy (non-hydrogen) atoms. The zero-order valence-electron chi connectivity index (χ0n) is 13.4. The molecule has 0 fully saturated rings. The SMILES string of the molecule is CCOC(=O)C(C)N(Cc1ccccc1)C(=O)NCCOC. The Morgan fingerprint density at radius 3 is 2.55 bits per heavy atom. The Balaban J connectivity index is 2.79. The number of esters is 1. The zero-order chi connectivity index (χ0) is 16.4. The molecule has 122 valence electrons. The first kappa shape index (κ1) is 18.0. The minimum absolute atomic E-state index is 0.285. The lowest BCUT2D eigenvalue weighted by Crippen LogP contribution is -2.48. The van der Waals surface area contributed by atoms with Crippen LogP contribution in [0.1, 0.15) is 19.4 Å². The van der Waals surface area contributed by atoms with Crippen LogP contribution in [0.3, 0.4) is 0 Å². The third kappa shape index (κ3) is 5.73. The molecule has 0 spiro atoms. The van der Waals surface area contributed by atoms with Crippen LogP contribution in [-0.4, -0.2) is 49.8 Å². The average molecular weight is 308 g/mol. The van der Waals surface area contributed by atoms with E-state index in [1.165, 1.54) is 4.90 Å². The number of nitrogens with one attached hydrogen (secondary N) is 1. The van der Waals surface area contributed by atoms with Gasteiger partial charge in [0.25, 0.3) is 0 Å².